The number of hydrogen-bond acceptors (Lipinski definition) is 4. The Kier molecular flexibility index (Phi) is 9.08. The number of benzene rings is 1. The SMILES string of the molecule is CCCCCCC(OC(=O)c1ccccc1)C(O)NC(=O)C(C)C. The molecule has 0 fully saturated rings. The summed E-state index contributed by atoms with van der Waals surface area (Å²) >= 11 is 0. The lowest BCUT2D eigenvalue weighted by molar-refractivity contribution is -0.130. The van der Waals surface area contributed by atoms with Crippen LogP contribution in [0.4, 0.5) is 0 Å². The van der Waals surface area contributed by atoms with Crippen molar-refractivity contribution in [2.75, 3.05) is 0 Å². The number of amides is 1. The largest absolute Gasteiger partial charge is 0.454 e. The van der Waals surface area contributed by atoms with E-state index in [2.05, 4.69) is 12.2 Å². The monoisotopic (exact) mass is 335 g/mol. The van der Waals surface area contributed by atoms with Gasteiger partial charge < -0.3 is 15.2 Å². The Morgan fingerprint density at radius 2 is 1.79 bits per heavy atom. The summed E-state index contributed by atoms with van der Waals surface area (Å²) in [7, 11) is 0. The number of carbonyl (C=O) groups is 2. The summed E-state index contributed by atoms with van der Waals surface area (Å²) in [6.45, 7) is 5.60. The summed E-state index contributed by atoms with van der Waals surface area (Å²) in [5.41, 5.74) is 0.429. The van der Waals surface area contributed by atoms with Crippen molar-refractivity contribution in [1.82, 2.24) is 5.32 Å². The summed E-state index contributed by atoms with van der Waals surface area (Å²) in [5, 5.41) is 12.8. The van der Waals surface area contributed by atoms with E-state index < -0.39 is 18.3 Å². The van der Waals surface area contributed by atoms with Gasteiger partial charge in [-0.2, -0.15) is 0 Å². The third-order valence-electron chi connectivity index (χ3n) is 3.78. The van der Waals surface area contributed by atoms with E-state index in [4.69, 9.17) is 4.74 Å². The standard InChI is InChI=1S/C19H29NO4/c1-4-5-6-10-13-16(18(22)20-17(21)14(2)3)24-19(23)15-11-8-7-9-12-15/h7-9,11-12,14,16,18,22H,4-6,10,13H2,1-3H3,(H,20,21). The Bertz CT molecular complexity index is 501. The molecule has 0 aliphatic heterocycles. The first-order valence-electron chi connectivity index (χ1n) is 8.70. The topological polar surface area (TPSA) is 75.6 Å². The van der Waals surface area contributed by atoms with Gasteiger partial charge in [0, 0.05) is 5.92 Å². The van der Waals surface area contributed by atoms with E-state index >= 15 is 0 Å². The zero-order valence-electron chi connectivity index (χ0n) is 14.8. The number of unbranched alkanes of at least 4 members (excludes halogenated alkanes) is 3. The van der Waals surface area contributed by atoms with Gasteiger partial charge in [-0.3, -0.25) is 4.79 Å². The molecule has 1 aromatic carbocycles. The van der Waals surface area contributed by atoms with Crippen LogP contribution < -0.4 is 5.32 Å². The molecule has 0 spiro atoms. The van der Waals surface area contributed by atoms with Crippen molar-refractivity contribution >= 4 is 11.9 Å². The van der Waals surface area contributed by atoms with Crippen LogP contribution in [-0.2, 0) is 9.53 Å². The Morgan fingerprint density at radius 1 is 1.12 bits per heavy atom. The molecule has 2 N–H and O–H groups in total. The predicted molar refractivity (Wildman–Crippen MR) is 93.4 cm³/mol. The number of esters is 1. The highest BCUT2D eigenvalue weighted by Gasteiger charge is 2.25. The van der Waals surface area contributed by atoms with Gasteiger partial charge in [0.25, 0.3) is 0 Å². The van der Waals surface area contributed by atoms with Gasteiger partial charge in [-0.1, -0.05) is 58.2 Å². The third-order valence-corrected chi connectivity index (χ3v) is 3.78. The van der Waals surface area contributed by atoms with Crippen molar-refractivity contribution in [3.05, 3.63) is 35.9 Å². The molecule has 0 saturated heterocycles. The Labute approximate surface area is 144 Å². The minimum absolute atomic E-state index is 0.245. The van der Waals surface area contributed by atoms with Gasteiger partial charge in [-0.15, -0.1) is 0 Å². The molecule has 0 radical (unpaired) electrons. The average Bonchev–Trinajstić information content (AvgIpc) is 2.57. The molecule has 1 amide bonds. The normalized spacial score (nSPS) is 13.4. The summed E-state index contributed by atoms with van der Waals surface area (Å²) in [6.07, 6.45) is 2.58. The van der Waals surface area contributed by atoms with Crippen molar-refractivity contribution in [3.8, 4) is 0 Å². The van der Waals surface area contributed by atoms with Crippen molar-refractivity contribution in [3.63, 3.8) is 0 Å². The Morgan fingerprint density at radius 3 is 2.38 bits per heavy atom. The van der Waals surface area contributed by atoms with E-state index in [1.165, 1.54) is 0 Å². The van der Waals surface area contributed by atoms with Crippen LogP contribution in [0.2, 0.25) is 0 Å². The zero-order valence-corrected chi connectivity index (χ0v) is 14.8. The lowest BCUT2D eigenvalue weighted by atomic mass is 10.1. The van der Waals surface area contributed by atoms with E-state index in [1.54, 1.807) is 38.1 Å². The third kappa shape index (κ3) is 7.13. The van der Waals surface area contributed by atoms with Gasteiger partial charge in [-0.25, -0.2) is 4.79 Å². The molecule has 0 heterocycles. The maximum absolute atomic E-state index is 12.2. The second-order valence-electron chi connectivity index (χ2n) is 6.27. The van der Waals surface area contributed by atoms with E-state index in [0.717, 1.165) is 25.7 Å². The van der Waals surface area contributed by atoms with Crippen LogP contribution in [-0.4, -0.2) is 29.3 Å². The molecule has 24 heavy (non-hydrogen) atoms. The molecule has 0 aliphatic carbocycles. The van der Waals surface area contributed by atoms with Crippen molar-refractivity contribution < 1.29 is 19.4 Å². The van der Waals surface area contributed by atoms with Crippen LogP contribution in [0.1, 0.15) is 63.2 Å². The summed E-state index contributed by atoms with van der Waals surface area (Å²) in [4.78, 5) is 24.0. The van der Waals surface area contributed by atoms with Crippen LogP contribution in [0.3, 0.4) is 0 Å². The number of aliphatic hydroxyl groups is 1. The van der Waals surface area contributed by atoms with Gasteiger partial charge in [0.1, 0.15) is 6.10 Å². The lowest BCUT2D eigenvalue weighted by Gasteiger charge is -2.24. The Balaban J connectivity index is 2.69. The zero-order chi connectivity index (χ0) is 17.9. The molecular weight excluding hydrogens is 306 g/mol. The quantitative estimate of drug-likeness (QED) is 0.391. The van der Waals surface area contributed by atoms with Crippen molar-refractivity contribution in [1.29, 1.82) is 0 Å². The van der Waals surface area contributed by atoms with Gasteiger partial charge in [0.05, 0.1) is 5.56 Å². The first-order chi connectivity index (χ1) is 11.5. The van der Waals surface area contributed by atoms with E-state index in [0.29, 0.717) is 12.0 Å². The smallest absolute Gasteiger partial charge is 0.338 e. The number of rotatable bonds is 10. The van der Waals surface area contributed by atoms with Gasteiger partial charge in [0.2, 0.25) is 5.91 Å². The van der Waals surface area contributed by atoms with Gasteiger partial charge >= 0.3 is 5.97 Å². The summed E-state index contributed by atoms with van der Waals surface area (Å²) in [6, 6.07) is 8.65. The molecule has 1 rings (SSSR count). The fourth-order valence-corrected chi connectivity index (χ4v) is 2.24. The summed E-state index contributed by atoms with van der Waals surface area (Å²) < 4.78 is 5.46. The van der Waals surface area contributed by atoms with Crippen LogP contribution >= 0.6 is 0 Å². The number of aliphatic hydroxyl groups excluding tert-OH is 1. The van der Waals surface area contributed by atoms with Crippen LogP contribution in [0.15, 0.2) is 30.3 Å². The second kappa shape index (κ2) is 10.8. The lowest BCUT2D eigenvalue weighted by Crippen LogP contribution is -2.46. The minimum atomic E-state index is -1.20. The molecule has 5 heteroatoms. The van der Waals surface area contributed by atoms with Crippen LogP contribution in [0.25, 0.3) is 0 Å². The molecule has 0 saturated carbocycles. The highest BCUT2D eigenvalue weighted by molar-refractivity contribution is 5.89. The molecule has 0 aliphatic rings. The highest BCUT2D eigenvalue weighted by Crippen LogP contribution is 2.14. The van der Waals surface area contributed by atoms with E-state index in [-0.39, 0.29) is 11.8 Å². The fraction of sp³-hybridized carbons (Fsp3) is 0.579. The molecule has 2 atom stereocenters. The number of hydrogen-bond donors (Lipinski definition) is 2. The predicted octanol–water partition coefficient (Wildman–Crippen LogP) is 3.27. The molecule has 0 aromatic heterocycles. The van der Waals surface area contributed by atoms with Gasteiger partial charge in [-0.05, 0) is 25.0 Å². The molecule has 5 nitrogen and oxygen atoms in total. The first kappa shape index (κ1) is 20.2. The van der Waals surface area contributed by atoms with E-state index in [1.807, 2.05) is 6.07 Å². The maximum atomic E-state index is 12.2. The molecular formula is C19H29NO4. The minimum Gasteiger partial charge on any atom is -0.454 e. The Hall–Kier alpha value is -1.88. The molecule has 0 bridgehead atoms. The second-order valence-corrected chi connectivity index (χ2v) is 6.27. The van der Waals surface area contributed by atoms with Crippen molar-refractivity contribution in [2.45, 2.75) is 65.2 Å². The average molecular weight is 335 g/mol. The maximum Gasteiger partial charge on any atom is 0.338 e. The van der Waals surface area contributed by atoms with E-state index in [9.17, 15) is 14.7 Å². The molecule has 134 valence electrons. The van der Waals surface area contributed by atoms with Crippen LogP contribution in [0.5, 0.6) is 0 Å². The molecule has 1 aromatic rings. The number of ether oxygens (including phenoxy) is 1. The number of carbonyl (C=O) groups excluding carboxylic acids is 2. The molecule has 2 unspecified atom stereocenters. The van der Waals surface area contributed by atoms with Crippen molar-refractivity contribution in [2.24, 2.45) is 5.92 Å². The summed E-state index contributed by atoms with van der Waals surface area (Å²) in [5.74, 6) is -1.00. The van der Waals surface area contributed by atoms with Gasteiger partial charge in [0.15, 0.2) is 6.23 Å². The first-order valence-corrected chi connectivity index (χ1v) is 8.70. The number of nitrogens with one attached hydrogen (secondary N) is 1. The highest BCUT2D eigenvalue weighted by atomic mass is 16.6. The fourth-order valence-electron chi connectivity index (χ4n) is 2.24. The van der Waals surface area contributed by atoms with Crippen LogP contribution in [0, 0.1) is 5.92 Å².